The normalized spacial score (nSPS) is 22.5. The van der Waals surface area contributed by atoms with E-state index in [1.165, 1.54) is 58.5 Å². The van der Waals surface area contributed by atoms with E-state index >= 15 is 0 Å². The number of alkyl halides is 1. The van der Waals surface area contributed by atoms with Crippen LogP contribution in [0.3, 0.4) is 0 Å². The van der Waals surface area contributed by atoms with E-state index in [-0.39, 0.29) is 5.97 Å². The molecule has 0 heterocycles. The molecule has 1 fully saturated rings. The lowest BCUT2D eigenvalue weighted by atomic mass is 10.1. The highest BCUT2D eigenvalue weighted by Crippen LogP contribution is 2.41. The SMILES string of the molecule is COC(=O)CCCCCCCCCC1CC1I. The van der Waals surface area contributed by atoms with Crippen LogP contribution < -0.4 is 0 Å². The number of methoxy groups -OCH3 is 1. The summed E-state index contributed by atoms with van der Waals surface area (Å²) in [6.07, 6.45) is 12.5. The first kappa shape index (κ1) is 15.3. The molecule has 1 saturated carbocycles. The molecule has 17 heavy (non-hydrogen) atoms. The molecule has 0 bridgehead atoms. The molecule has 0 saturated heterocycles. The molecule has 1 aliphatic carbocycles. The van der Waals surface area contributed by atoms with Crippen molar-refractivity contribution in [3.8, 4) is 0 Å². The number of hydrogen-bond acceptors (Lipinski definition) is 2. The minimum Gasteiger partial charge on any atom is -0.469 e. The Kier molecular flexibility index (Phi) is 8.23. The molecule has 0 aromatic carbocycles. The number of halogens is 1. The molecule has 0 N–H and O–H groups in total. The van der Waals surface area contributed by atoms with E-state index in [0.717, 1.165) is 16.3 Å². The van der Waals surface area contributed by atoms with Gasteiger partial charge in [0.25, 0.3) is 0 Å². The molecule has 3 heteroatoms. The van der Waals surface area contributed by atoms with Crippen LogP contribution in [0.4, 0.5) is 0 Å². The van der Waals surface area contributed by atoms with Gasteiger partial charge in [0.05, 0.1) is 7.11 Å². The molecule has 2 atom stereocenters. The molecule has 100 valence electrons. The molecule has 0 aromatic rings. The van der Waals surface area contributed by atoms with Gasteiger partial charge >= 0.3 is 5.97 Å². The minimum atomic E-state index is -0.0669. The Labute approximate surface area is 119 Å². The number of esters is 1. The minimum absolute atomic E-state index is 0.0669. The van der Waals surface area contributed by atoms with Gasteiger partial charge in [-0.05, 0) is 25.2 Å². The average molecular weight is 352 g/mol. The summed E-state index contributed by atoms with van der Waals surface area (Å²) in [6, 6.07) is 0. The molecular formula is C14H25IO2. The van der Waals surface area contributed by atoms with E-state index in [4.69, 9.17) is 0 Å². The van der Waals surface area contributed by atoms with Crippen LogP contribution in [0.5, 0.6) is 0 Å². The summed E-state index contributed by atoms with van der Waals surface area (Å²) in [5, 5.41) is 0. The number of ether oxygens (including phenoxy) is 1. The lowest BCUT2D eigenvalue weighted by molar-refractivity contribution is -0.140. The number of carbonyl (C=O) groups is 1. The Bertz CT molecular complexity index is 218. The topological polar surface area (TPSA) is 26.3 Å². The largest absolute Gasteiger partial charge is 0.469 e. The fraction of sp³-hybridized carbons (Fsp3) is 0.929. The fourth-order valence-corrected chi connectivity index (χ4v) is 3.18. The quantitative estimate of drug-likeness (QED) is 0.251. The second-order valence-electron chi connectivity index (χ2n) is 5.10. The van der Waals surface area contributed by atoms with Crippen molar-refractivity contribution in [1.29, 1.82) is 0 Å². The maximum atomic E-state index is 10.9. The summed E-state index contributed by atoms with van der Waals surface area (Å²) in [6.45, 7) is 0. The molecule has 0 aromatic heterocycles. The van der Waals surface area contributed by atoms with Crippen molar-refractivity contribution in [2.24, 2.45) is 5.92 Å². The smallest absolute Gasteiger partial charge is 0.305 e. The molecule has 0 radical (unpaired) electrons. The number of hydrogen-bond donors (Lipinski definition) is 0. The standard InChI is InChI=1S/C14H25IO2/c1-17-14(16)10-8-6-4-2-3-5-7-9-12-11-13(12)15/h12-13H,2-11H2,1H3. The second-order valence-corrected chi connectivity index (χ2v) is 6.70. The van der Waals surface area contributed by atoms with Crippen molar-refractivity contribution in [1.82, 2.24) is 0 Å². The molecule has 0 aliphatic heterocycles. The molecular weight excluding hydrogens is 327 g/mol. The molecule has 1 rings (SSSR count). The average Bonchev–Trinajstić information content (AvgIpc) is 3.02. The van der Waals surface area contributed by atoms with Crippen molar-refractivity contribution in [2.75, 3.05) is 7.11 Å². The van der Waals surface area contributed by atoms with Crippen molar-refractivity contribution in [2.45, 2.75) is 68.1 Å². The van der Waals surface area contributed by atoms with Gasteiger partial charge in [-0.25, -0.2) is 0 Å². The lowest BCUT2D eigenvalue weighted by Crippen LogP contribution is -1.99. The highest BCUT2D eigenvalue weighted by Gasteiger charge is 2.33. The van der Waals surface area contributed by atoms with E-state index in [0.29, 0.717) is 6.42 Å². The van der Waals surface area contributed by atoms with E-state index in [2.05, 4.69) is 27.3 Å². The van der Waals surface area contributed by atoms with E-state index < -0.39 is 0 Å². The molecule has 2 nitrogen and oxygen atoms in total. The van der Waals surface area contributed by atoms with E-state index in [9.17, 15) is 4.79 Å². The zero-order valence-corrected chi connectivity index (χ0v) is 13.1. The van der Waals surface area contributed by atoms with Crippen LogP contribution >= 0.6 is 22.6 Å². The monoisotopic (exact) mass is 352 g/mol. The second kappa shape index (κ2) is 9.17. The van der Waals surface area contributed by atoms with Gasteiger partial charge in [-0.1, -0.05) is 61.1 Å². The Balaban J connectivity index is 1.71. The van der Waals surface area contributed by atoms with Gasteiger partial charge in [0, 0.05) is 10.3 Å². The van der Waals surface area contributed by atoms with Crippen molar-refractivity contribution in [3.63, 3.8) is 0 Å². The highest BCUT2D eigenvalue weighted by molar-refractivity contribution is 14.1. The third-order valence-corrected chi connectivity index (χ3v) is 5.05. The number of rotatable bonds is 10. The maximum Gasteiger partial charge on any atom is 0.305 e. The molecule has 0 spiro atoms. The van der Waals surface area contributed by atoms with E-state index in [1.807, 2.05) is 0 Å². The van der Waals surface area contributed by atoms with Crippen molar-refractivity contribution in [3.05, 3.63) is 0 Å². The third kappa shape index (κ3) is 8.01. The van der Waals surface area contributed by atoms with Crippen LogP contribution in [-0.4, -0.2) is 17.0 Å². The zero-order chi connectivity index (χ0) is 12.5. The Morgan fingerprint density at radius 2 is 1.65 bits per heavy atom. The van der Waals surface area contributed by atoms with Gasteiger partial charge in [-0.3, -0.25) is 4.79 Å². The van der Waals surface area contributed by atoms with E-state index in [1.54, 1.807) is 0 Å². The predicted molar refractivity (Wildman–Crippen MR) is 79.5 cm³/mol. The Morgan fingerprint density at radius 1 is 1.12 bits per heavy atom. The lowest BCUT2D eigenvalue weighted by Gasteiger charge is -2.02. The van der Waals surface area contributed by atoms with Crippen LogP contribution in [0.25, 0.3) is 0 Å². The fourth-order valence-electron chi connectivity index (χ4n) is 2.17. The first-order valence-electron chi connectivity index (χ1n) is 6.95. The highest BCUT2D eigenvalue weighted by atomic mass is 127. The van der Waals surface area contributed by atoms with Gasteiger partial charge in [0.15, 0.2) is 0 Å². The zero-order valence-electron chi connectivity index (χ0n) is 10.9. The maximum absolute atomic E-state index is 10.9. The summed E-state index contributed by atoms with van der Waals surface area (Å²) in [5.74, 6) is 0.985. The summed E-state index contributed by atoms with van der Waals surface area (Å²) >= 11 is 2.57. The number of carbonyl (C=O) groups excluding carboxylic acids is 1. The molecule has 1 aliphatic rings. The van der Waals surface area contributed by atoms with Gasteiger partial charge in [-0.2, -0.15) is 0 Å². The predicted octanol–water partition coefficient (Wildman–Crippen LogP) is 4.49. The van der Waals surface area contributed by atoms with Crippen molar-refractivity contribution >= 4 is 28.6 Å². The van der Waals surface area contributed by atoms with Crippen LogP contribution in [0.2, 0.25) is 0 Å². The van der Waals surface area contributed by atoms with Gasteiger partial charge in [0.1, 0.15) is 0 Å². The summed E-state index contributed by atoms with van der Waals surface area (Å²) in [5.41, 5.74) is 0. The van der Waals surface area contributed by atoms with Crippen LogP contribution in [0.1, 0.15) is 64.2 Å². The number of unbranched alkanes of at least 4 members (excludes halogenated alkanes) is 6. The summed E-state index contributed by atoms with van der Waals surface area (Å²) in [7, 11) is 1.46. The van der Waals surface area contributed by atoms with Crippen molar-refractivity contribution < 1.29 is 9.53 Å². The first-order chi connectivity index (χ1) is 8.24. The first-order valence-corrected chi connectivity index (χ1v) is 8.19. The van der Waals surface area contributed by atoms with Crippen LogP contribution in [0.15, 0.2) is 0 Å². The van der Waals surface area contributed by atoms with Gasteiger partial charge in [0.2, 0.25) is 0 Å². The third-order valence-electron chi connectivity index (χ3n) is 3.52. The summed E-state index contributed by atoms with van der Waals surface area (Å²) < 4.78 is 5.60. The Hall–Kier alpha value is 0.200. The molecule has 0 amide bonds. The van der Waals surface area contributed by atoms with Gasteiger partial charge in [-0.15, -0.1) is 0 Å². The Morgan fingerprint density at radius 3 is 2.18 bits per heavy atom. The molecule has 2 unspecified atom stereocenters. The van der Waals surface area contributed by atoms with Gasteiger partial charge < -0.3 is 4.74 Å². The van der Waals surface area contributed by atoms with Crippen LogP contribution in [0, 0.1) is 5.92 Å². The summed E-state index contributed by atoms with van der Waals surface area (Å²) in [4.78, 5) is 10.9. The van der Waals surface area contributed by atoms with Crippen LogP contribution in [-0.2, 0) is 9.53 Å².